The average Bonchev–Trinajstić information content (AvgIpc) is 2.26. The monoisotopic (exact) mass is 267 g/mol. The first-order chi connectivity index (χ1) is 8.31. The van der Waals surface area contributed by atoms with Crippen LogP contribution in [0.15, 0.2) is 0 Å². The van der Waals surface area contributed by atoms with Gasteiger partial charge in [-0.05, 0) is 38.0 Å². The van der Waals surface area contributed by atoms with E-state index in [1.54, 1.807) is 0 Å². The molecule has 1 atom stereocenters. The summed E-state index contributed by atoms with van der Waals surface area (Å²) in [5.41, 5.74) is 0.233. The van der Waals surface area contributed by atoms with Gasteiger partial charge in [0.2, 0.25) is 0 Å². The van der Waals surface area contributed by atoms with Gasteiger partial charge >= 0.3 is 6.18 Å². The van der Waals surface area contributed by atoms with Crippen molar-refractivity contribution in [3.05, 3.63) is 0 Å². The van der Waals surface area contributed by atoms with E-state index in [2.05, 4.69) is 12.2 Å². The van der Waals surface area contributed by atoms with Crippen LogP contribution < -0.4 is 5.32 Å². The Labute approximate surface area is 107 Å². The molecule has 0 aliphatic carbocycles. The first-order valence-corrected chi connectivity index (χ1v) is 6.69. The van der Waals surface area contributed by atoms with E-state index >= 15 is 0 Å². The third-order valence-corrected chi connectivity index (χ3v) is 3.67. The third-order valence-electron chi connectivity index (χ3n) is 3.67. The van der Waals surface area contributed by atoms with E-state index in [9.17, 15) is 13.2 Å². The Bertz CT molecular complexity index is 237. The largest absolute Gasteiger partial charge is 0.389 e. The smallest absolute Gasteiger partial charge is 0.381 e. The highest BCUT2D eigenvalue weighted by Gasteiger charge is 2.28. The maximum absolute atomic E-state index is 12.0. The van der Waals surface area contributed by atoms with Crippen LogP contribution in [0.4, 0.5) is 13.2 Å². The first kappa shape index (κ1) is 15.8. The van der Waals surface area contributed by atoms with E-state index < -0.39 is 12.6 Å². The normalized spacial score (nSPS) is 21.8. The van der Waals surface area contributed by atoms with Crippen molar-refractivity contribution in [1.29, 1.82) is 0 Å². The molecule has 0 aromatic heterocycles. The number of hydrogen-bond acceptors (Lipinski definition) is 2. The van der Waals surface area contributed by atoms with Crippen LogP contribution in [0.5, 0.6) is 0 Å². The zero-order valence-corrected chi connectivity index (χ0v) is 11.3. The van der Waals surface area contributed by atoms with Gasteiger partial charge in [-0.25, -0.2) is 0 Å². The van der Waals surface area contributed by atoms with Crippen molar-refractivity contribution >= 4 is 0 Å². The fourth-order valence-electron chi connectivity index (χ4n) is 2.17. The summed E-state index contributed by atoms with van der Waals surface area (Å²) in [5.74, 6) is 0. The van der Waals surface area contributed by atoms with Crippen molar-refractivity contribution < 1.29 is 17.9 Å². The van der Waals surface area contributed by atoms with Crippen molar-refractivity contribution in [3.8, 4) is 0 Å². The van der Waals surface area contributed by atoms with E-state index in [4.69, 9.17) is 4.74 Å². The van der Waals surface area contributed by atoms with Crippen LogP contribution in [0.1, 0.15) is 46.0 Å². The maximum atomic E-state index is 12.0. The third kappa shape index (κ3) is 6.59. The zero-order chi connectivity index (χ0) is 13.6. The molecule has 5 heteroatoms. The Kier molecular flexibility index (Phi) is 5.92. The van der Waals surface area contributed by atoms with E-state index in [0.29, 0.717) is 6.42 Å². The Morgan fingerprint density at radius 3 is 2.44 bits per heavy atom. The van der Waals surface area contributed by atoms with Crippen LogP contribution in [0.2, 0.25) is 0 Å². The molecule has 0 bridgehead atoms. The lowest BCUT2D eigenvalue weighted by Crippen LogP contribution is -2.40. The van der Waals surface area contributed by atoms with Crippen LogP contribution >= 0.6 is 0 Å². The topological polar surface area (TPSA) is 21.3 Å². The summed E-state index contributed by atoms with van der Waals surface area (Å²) in [6.07, 6.45) is -1.87. The highest BCUT2D eigenvalue weighted by molar-refractivity contribution is 4.80. The Morgan fingerprint density at radius 1 is 1.28 bits per heavy atom. The van der Waals surface area contributed by atoms with Crippen LogP contribution in [-0.4, -0.2) is 32.0 Å². The number of rotatable bonds is 6. The number of hydrogen-bond donors (Lipinski definition) is 1. The molecule has 0 aromatic carbocycles. The molecule has 1 fully saturated rings. The van der Waals surface area contributed by atoms with Crippen molar-refractivity contribution in [2.24, 2.45) is 5.41 Å². The second-order valence-electron chi connectivity index (χ2n) is 5.71. The fraction of sp³-hybridized carbons (Fsp3) is 1.00. The molecule has 1 heterocycles. The van der Waals surface area contributed by atoms with Gasteiger partial charge in [0.1, 0.15) is 0 Å². The number of alkyl halides is 3. The molecule has 0 radical (unpaired) electrons. The lowest BCUT2D eigenvalue weighted by Gasteiger charge is -2.34. The predicted molar refractivity (Wildman–Crippen MR) is 65.5 cm³/mol. The molecule has 1 saturated heterocycles. The summed E-state index contributed by atoms with van der Waals surface area (Å²) in [4.78, 5) is 0. The molecule has 18 heavy (non-hydrogen) atoms. The van der Waals surface area contributed by atoms with Crippen molar-refractivity contribution in [2.75, 3.05) is 19.8 Å². The van der Waals surface area contributed by atoms with Crippen LogP contribution in [0.3, 0.4) is 0 Å². The summed E-state index contributed by atoms with van der Waals surface area (Å²) < 4.78 is 41.3. The zero-order valence-electron chi connectivity index (χ0n) is 11.3. The molecule has 1 aliphatic rings. The molecule has 1 unspecified atom stereocenters. The van der Waals surface area contributed by atoms with Gasteiger partial charge in [-0.15, -0.1) is 0 Å². The van der Waals surface area contributed by atoms with E-state index in [1.807, 2.05) is 6.92 Å². The Balaban J connectivity index is 2.14. The summed E-state index contributed by atoms with van der Waals surface area (Å²) in [6, 6.07) is 0.145. The molecule has 108 valence electrons. The molecule has 0 saturated carbocycles. The fourth-order valence-corrected chi connectivity index (χ4v) is 2.17. The summed E-state index contributed by atoms with van der Waals surface area (Å²) in [7, 11) is 0. The van der Waals surface area contributed by atoms with Gasteiger partial charge in [0.15, 0.2) is 0 Å². The standard InChI is InChI=1S/C13H24F3NO/c1-11(4-3-5-13(14,15)16)17-10-12(2)6-8-18-9-7-12/h11,17H,3-10H2,1-2H3. The van der Waals surface area contributed by atoms with Gasteiger partial charge in [-0.3, -0.25) is 0 Å². The molecular formula is C13H24F3NO. The predicted octanol–water partition coefficient (Wildman–Crippen LogP) is 3.51. The lowest BCUT2D eigenvalue weighted by atomic mass is 9.82. The van der Waals surface area contributed by atoms with Gasteiger partial charge in [0.05, 0.1) is 0 Å². The average molecular weight is 267 g/mol. The molecule has 1 rings (SSSR count). The van der Waals surface area contributed by atoms with Crippen molar-refractivity contribution in [1.82, 2.24) is 5.32 Å². The molecule has 1 aliphatic heterocycles. The van der Waals surface area contributed by atoms with Gasteiger partial charge in [0.25, 0.3) is 0 Å². The van der Waals surface area contributed by atoms with Gasteiger partial charge in [-0.2, -0.15) is 13.2 Å². The van der Waals surface area contributed by atoms with Crippen molar-refractivity contribution in [3.63, 3.8) is 0 Å². The lowest BCUT2D eigenvalue weighted by molar-refractivity contribution is -0.135. The molecule has 1 N–H and O–H groups in total. The highest BCUT2D eigenvalue weighted by atomic mass is 19.4. The molecule has 0 spiro atoms. The number of ether oxygens (including phenoxy) is 1. The van der Waals surface area contributed by atoms with Crippen LogP contribution in [0, 0.1) is 5.41 Å². The summed E-state index contributed by atoms with van der Waals surface area (Å²) >= 11 is 0. The minimum atomic E-state index is -4.02. The Hall–Kier alpha value is -0.290. The van der Waals surface area contributed by atoms with Gasteiger partial charge in [0, 0.05) is 32.2 Å². The van der Waals surface area contributed by atoms with Gasteiger partial charge in [-0.1, -0.05) is 6.92 Å². The van der Waals surface area contributed by atoms with Crippen LogP contribution in [-0.2, 0) is 4.74 Å². The van der Waals surface area contributed by atoms with E-state index in [1.165, 1.54) is 0 Å². The molecule has 2 nitrogen and oxygen atoms in total. The minimum absolute atomic E-state index is 0.145. The first-order valence-electron chi connectivity index (χ1n) is 6.69. The van der Waals surface area contributed by atoms with E-state index in [-0.39, 0.29) is 17.9 Å². The molecular weight excluding hydrogens is 243 g/mol. The number of nitrogens with one attached hydrogen (secondary N) is 1. The quantitative estimate of drug-likeness (QED) is 0.795. The van der Waals surface area contributed by atoms with Gasteiger partial charge < -0.3 is 10.1 Å². The van der Waals surface area contributed by atoms with E-state index in [0.717, 1.165) is 32.6 Å². The van der Waals surface area contributed by atoms with Crippen molar-refractivity contribution in [2.45, 2.75) is 58.2 Å². The highest BCUT2D eigenvalue weighted by Crippen LogP contribution is 2.29. The molecule has 0 amide bonds. The number of halogens is 3. The molecule has 0 aromatic rings. The SMILES string of the molecule is CC(CCCC(F)(F)F)NCC1(C)CCOCC1. The van der Waals surface area contributed by atoms with Crippen LogP contribution in [0.25, 0.3) is 0 Å². The minimum Gasteiger partial charge on any atom is -0.381 e. The second kappa shape index (κ2) is 6.75. The summed E-state index contributed by atoms with van der Waals surface area (Å²) in [5, 5.41) is 3.36. The summed E-state index contributed by atoms with van der Waals surface area (Å²) in [6.45, 7) is 6.62. The second-order valence-corrected chi connectivity index (χ2v) is 5.71. The maximum Gasteiger partial charge on any atom is 0.389 e. The Morgan fingerprint density at radius 2 is 1.89 bits per heavy atom.